The van der Waals surface area contributed by atoms with Crippen molar-refractivity contribution in [1.82, 2.24) is 24.8 Å². The first-order valence-corrected chi connectivity index (χ1v) is 10.9. The molecule has 2 aromatic heterocycles. The van der Waals surface area contributed by atoms with Crippen LogP contribution < -0.4 is 15.4 Å². The highest BCUT2D eigenvalue weighted by molar-refractivity contribution is 5.96. The van der Waals surface area contributed by atoms with Gasteiger partial charge in [-0.15, -0.1) is 0 Å². The van der Waals surface area contributed by atoms with Crippen LogP contribution in [0.5, 0.6) is 0 Å². The van der Waals surface area contributed by atoms with Crippen molar-refractivity contribution in [2.24, 2.45) is 0 Å². The molecule has 0 fully saturated rings. The summed E-state index contributed by atoms with van der Waals surface area (Å²) in [7, 11) is 6.64. The number of aromatic amines is 1. The minimum Gasteiger partial charge on any atom is -0.481 e. The molecule has 1 aromatic carbocycles. The molecule has 0 aliphatic carbocycles. The molecule has 0 saturated carbocycles. The van der Waals surface area contributed by atoms with Crippen molar-refractivity contribution >= 4 is 40.6 Å². The summed E-state index contributed by atoms with van der Waals surface area (Å²) in [6, 6.07) is 5.25. The highest BCUT2D eigenvalue weighted by Gasteiger charge is 2.27. The van der Waals surface area contributed by atoms with Crippen molar-refractivity contribution in [2.75, 3.05) is 38.0 Å². The second kappa shape index (κ2) is 10.8. The molecular formula is C23H27N7O6. The lowest BCUT2D eigenvalue weighted by Crippen LogP contribution is -2.42. The third-order valence-corrected chi connectivity index (χ3v) is 5.54. The van der Waals surface area contributed by atoms with Gasteiger partial charge >= 0.3 is 11.9 Å². The summed E-state index contributed by atoms with van der Waals surface area (Å²) < 4.78 is 0. The van der Waals surface area contributed by atoms with E-state index in [0.717, 1.165) is 10.6 Å². The highest BCUT2D eigenvalue weighted by Crippen LogP contribution is 2.18. The van der Waals surface area contributed by atoms with Crippen molar-refractivity contribution in [3.05, 3.63) is 52.1 Å². The van der Waals surface area contributed by atoms with Gasteiger partial charge in [0.25, 0.3) is 11.5 Å². The van der Waals surface area contributed by atoms with E-state index in [1.54, 1.807) is 56.5 Å². The first kappa shape index (κ1) is 26.1. The predicted octanol–water partition coefficient (Wildman–Crippen LogP) is 0.806. The van der Waals surface area contributed by atoms with Gasteiger partial charge in [-0.25, -0.2) is 14.8 Å². The third-order valence-electron chi connectivity index (χ3n) is 5.54. The molecule has 36 heavy (non-hydrogen) atoms. The standard InChI is InChI=1S/C23H27N7O6/c1-28(2)23-26-19-18(20(33)27-23)25-14(11-24-19)12-29(3)15-7-5-13(6-8-15)21(34)30(4)16(22(35)36)9-10-17(31)32/h5-8,11,16H,9-10,12H2,1-4H3,(H,31,32)(H,35,36)(H,24,26,27,33)/t16-/m0/s1. The Hall–Kier alpha value is -4.55. The Balaban J connectivity index is 1.73. The first-order valence-electron chi connectivity index (χ1n) is 10.9. The Kier molecular flexibility index (Phi) is 7.82. The molecule has 0 saturated heterocycles. The lowest BCUT2D eigenvalue weighted by molar-refractivity contribution is -0.143. The van der Waals surface area contributed by atoms with Crippen molar-refractivity contribution in [2.45, 2.75) is 25.4 Å². The maximum Gasteiger partial charge on any atom is 0.326 e. The van der Waals surface area contributed by atoms with Crippen molar-refractivity contribution in [1.29, 1.82) is 0 Å². The number of hydrogen-bond acceptors (Lipinski definition) is 9. The van der Waals surface area contributed by atoms with E-state index in [-0.39, 0.29) is 29.6 Å². The summed E-state index contributed by atoms with van der Waals surface area (Å²) in [6.45, 7) is 0.321. The molecular weight excluding hydrogens is 470 g/mol. The van der Waals surface area contributed by atoms with Crippen molar-refractivity contribution in [3.8, 4) is 0 Å². The van der Waals surface area contributed by atoms with Crippen LogP contribution in [0.25, 0.3) is 11.2 Å². The van der Waals surface area contributed by atoms with E-state index in [1.165, 1.54) is 7.05 Å². The normalized spacial score (nSPS) is 11.7. The van der Waals surface area contributed by atoms with Crippen LogP contribution in [0.3, 0.4) is 0 Å². The number of aromatic nitrogens is 4. The molecule has 0 bridgehead atoms. The molecule has 13 heteroatoms. The molecule has 13 nitrogen and oxygen atoms in total. The van der Waals surface area contributed by atoms with Gasteiger partial charge in [-0.2, -0.15) is 4.98 Å². The number of carboxylic acids is 2. The number of fused-ring (bicyclic) bond motifs is 1. The number of carbonyl (C=O) groups excluding carboxylic acids is 1. The van der Waals surface area contributed by atoms with Crippen LogP contribution in [0.4, 0.5) is 11.6 Å². The Morgan fingerprint density at radius 2 is 1.69 bits per heavy atom. The number of nitrogens with zero attached hydrogens (tertiary/aromatic N) is 6. The third kappa shape index (κ3) is 5.92. The molecule has 2 heterocycles. The number of carboxylic acid groups (broad SMARTS) is 2. The molecule has 3 rings (SSSR count). The Bertz CT molecular complexity index is 1340. The quantitative estimate of drug-likeness (QED) is 0.362. The van der Waals surface area contributed by atoms with Gasteiger partial charge in [0.1, 0.15) is 6.04 Å². The minimum atomic E-state index is -1.27. The average Bonchev–Trinajstić information content (AvgIpc) is 2.83. The summed E-state index contributed by atoms with van der Waals surface area (Å²) in [5.41, 5.74) is 1.52. The van der Waals surface area contributed by atoms with E-state index >= 15 is 0 Å². The summed E-state index contributed by atoms with van der Waals surface area (Å²) in [6.07, 6.45) is 0.977. The zero-order chi connectivity index (χ0) is 26.6. The maximum absolute atomic E-state index is 12.8. The number of hydrogen-bond donors (Lipinski definition) is 3. The number of H-pyrrole nitrogens is 1. The number of aliphatic carboxylic acids is 2. The van der Waals surface area contributed by atoms with Crippen molar-refractivity contribution in [3.63, 3.8) is 0 Å². The fourth-order valence-corrected chi connectivity index (χ4v) is 3.51. The maximum atomic E-state index is 12.8. The van der Waals surface area contributed by atoms with Gasteiger partial charge in [-0.1, -0.05) is 0 Å². The monoisotopic (exact) mass is 497 g/mol. The summed E-state index contributed by atoms with van der Waals surface area (Å²) in [5.74, 6) is -2.56. The number of benzene rings is 1. The van der Waals surface area contributed by atoms with E-state index in [1.807, 2.05) is 4.90 Å². The second-order valence-corrected chi connectivity index (χ2v) is 8.42. The summed E-state index contributed by atoms with van der Waals surface area (Å²) in [4.78, 5) is 67.6. The van der Waals surface area contributed by atoms with Crippen LogP contribution in [0.2, 0.25) is 0 Å². The van der Waals surface area contributed by atoms with Gasteiger partial charge in [0, 0.05) is 45.9 Å². The zero-order valence-electron chi connectivity index (χ0n) is 20.3. The van der Waals surface area contributed by atoms with Gasteiger partial charge in [-0.3, -0.25) is 19.4 Å². The van der Waals surface area contributed by atoms with Crippen LogP contribution >= 0.6 is 0 Å². The SMILES string of the molecule is CN(C)c1nc2ncc(CN(C)c3ccc(C(=O)N(C)[C@@H](CCC(=O)O)C(=O)O)cc3)nc2c(=O)[nH]1. The predicted molar refractivity (Wildman–Crippen MR) is 131 cm³/mol. The molecule has 0 radical (unpaired) electrons. The van der Waals surface area contributed by atoms with Crippen LogP contribution in [0.1, 0.15) is 28.9 Å². The second-order valence-electron chi connectivity index (χ2n) is 8.42. The summed E-state index contributed by atoms with van der Waals surface area (Å²) >= 11 is 0. The molecule has 3 aromatic rings. The van der Waals surface area contributed by atoms with Gasteiger partial charge < -0.3 is 24.9 Å². The minimum absolute atomic E-state index is 0.131. The Labute approximate surface area is 206 Å². The number of rotatable bonds is 10. The van der Waals surface area contributed by atoms with Gasteiger partial charge in [0.15, 0.2) is 11.2 Å². The number of likely N-dealkylation sites (N-methyl/N-ethyl adjacent to an activating group) is 1. The average molecular weight is 498 g/mol. The number of anilines is 2. The van der Waals surface area contributed by atoms with Crippen LogP contribution in [-0.2, 0) is 16.1 Å². The molecule has 0 aliphatic rings. The molecule has 3 N–H and O–H groups in total. The molecule has 1 atom stereocenters. The highest BCUT2D eigenvalue weighted by atomic mass is 16.4. The smallest absolute Gasteiger partial charge is 0.326 e. The number of nitrogens with one attached hydrogen (secondary N) is 1. The molecule has 0 unspecified atom stereocenters. The molecule has 190 valence electrons. The molecule has 0 spiro atoms. The van der Waals surface area contributed by atoms with E-state index in [2.05, 4.69) is 19.9 Å². The van der Waals surface area contributed by atoms with Crippen LogP contribution in [0, 0.1) is 0 Å². The van der Waals surface area contributed by atoms with Crippen LogP contribution in [-0.4, -0.2) is 87.1 Å². The van der Waals surface area contributed by atoms with E-state index in [4.69, 9.17) is 5.11 Å². The molecule has 0 aliphatic heterocycles. The first-order chi connectivity index (χ1) is 17.0. The fourth-order valence-electron chi connectivity index (χ4n) is 3.51. The van der Waals surface area contributed by atoms with Gasteiger partial charge in [0.2, 0.25) is 5.95 Å². The molecule has 1 amide bonds. The van der Waals surface area contributed by atoms with Crippen molar-refractivity contribution < 1.29 is 24.6 Å². The van der Waals surface area contributed by atoms with E-state index in [9.17, 15) is 24.3 Å². The van der Waals surface area contributed by atoms with Gasteiger partial charge in [-0.05, 0) is 30.7 Å². The fraction of sp³-hybridized carbons (Fsp3) is 0.348. The Morgan fingerprint density at radius 1 is 1.03 bits per heavy atom. The van der Waals surface area contributed by atoms with E-state index < -0.39 is 29.4 Å². The number of amides is 1. The summed E-state index contributed by atoms with van der Waals surface area (Å²) in [5, 5.41) is 18.2. The topological polar surface area (TPSA) is 173 Å². The van der Waals surface area contributed by atoms with Gasteiger partial charge in [0.05, 0.1) is 18.4 Å². The lowest BCUT2D eigenvalue weighted by Gasteiger charge is -2.25. The van der Waals surface area contributed by atoms with E-state index in [0.29, 0.717) is 18.2 Å². The Morgan fingerprint density at radius 3 is 2.28 bits per heavy atom. The largest absolute Gasteiger partial charge is 0.481 e. The number of carbonyl (C=O) groups is 3. The zero-order valence-corrected chi connectivity index (χ0v) is 20.3. The van der Waals surface area contributed by atoms with Crippen LogP contribution in [0.15, 0.2) is 35.3 Å². The lowest BCUT2D eigenvalue weighted by atomic mass is 10.1.